The normalized spacial score (nSPS) is 15.3. The van der Waals surface area contributed by atoms with E-state index in [4.69, 9.17) is 4.74 Å². The Hall–Kier alpha value is -3.95. The van der Waals surface area contributed by atoms with Crippen LogP contribution in [0.5, 0.6) is 11.5 Å². The zero-order chi connectivity index (χ0) is 22.3. The van der Waals surface area contributed by atoms with Crippen LogP contribution in [0.1, 0.15) is 38.8 Å². The molecule has 0 fully saturated rings. The van der Waals surface area contributed by atoms with Crippen molar-refractivity contribution in [2.45, 2.75) is 18.8 Å². The number of benzene rings is 2. The fourth-order valence-corrected chi connectivity index (χ4v) is 3.48. The number of carbonyl (C=O) groups is 1. The minimum Gasteiger partial charge on any atom is -0.502 e. The number of nitrogens with zero attached hydrogens (tertiary/aromatic N) is 1. The number of ether oxygens (including phenoxy) is 1. The highest BCUT2D eigenvalue weighted by molar-refractivity contribution is 5.88. The highest BCUT2D eigenvalue weighted by Crippen LogP contribution is 2.39. The number of hydrogen-bond acceptors (Lipinski definition) is 5. The van der Waals surface area contributed by atoms with Gasteiger partial charge < -0.3 is 20.4 Å². The highest BCUT2D eigenvalue weighted by Gasteiger charge is 2.33. The summed E-state index contributed by atoms with van der Waals surface area (Å²) >= 11 is 0. The summed E-state index contributed by atoms with van der Waals surface area (Å²) in [6.45, 7) is -0.129. The van der Waals surface area contributed by atoms with E-state index < -0.39 is 40.6 Å². The van der Waals surface area contributed by atoms with Crippen LogP contribution < -0.4 is 15.6 Å². The fourth-order valence-electron chi connectivity index (χ4n) is 3.48. The Morgan fingerprint density at radius 1 is 1.13 bits per heavy atom. The van der Waals surface area contributed by atoms with Gasteiger partial charge in [0.05, 0.1) is 11.6 Å². The lowest BCUT2D eigenvalue weighted by Crippen LogP contribution is -2.28. The maximum atomic E-state index is 13.2. The number of aromatic carboxylic acids is 1. The third-order valence-electron chi connectivity index (χ3n) is 4.94. The number of para-hydroxylation sites is 1. The van der Waals surface area contributed by atoms with Crippen molar-refractivity contribution in [1.29, 1.82) is 0 Å². The predicted octanol–water partition coefficient (Wildman–Crippen LogP) is 3.50. The molecular weight excluding hydrogens is 417 g/mol. The van der Waals surface area contributed by atoms with E-state index in [1.807, 2.05) is 0 Å². The first kappa shape index (κ1) is 20.3. The molecule has 0 aliphatic carbocycles. The lowest BCUT2D eigenvalue weighted by Gasteiger charge is -2.25. The molecule has 0 saturated carbocycles. The van der Waals surface area contributed by atoms with Gasteiger partial charge in [-0.25, -0.2) is 4.79 Å². The van der Waals surface area contributed by atoms with Crippen LogP contribution in [0.3, 0.4) is 0 Å². The Labute approximate surface area is 172 Å². The SMILES string of the molecule is O=C(O)c1c(O)c(=O)ccn1NC1c2ccc(C(F)(F)F)cc2COc2ccccc21. The molecule has 1 aliphatic heterocycles. The summed E-state index contributed by atoms with van der Waals surface area (Å²) in [6.07, 6.45) is -3.41. The second kappa shape index (κ2) is 7.38. The van der Waals surface area contributed by atoms with Gasteiger partial charge in [0.1, 0.15) is 12.4 Å². The second-order valence-corrected chi connectivity index (χ2v) is 6.85. The van der Waals surface area contributed by atoms with E-state index in [1.54, 1.807) is 24.3 Å². The molecule has 7 nitrogen and oxygen atoms in total. The number of carboxylic acid groups (broad SMARTS) is 1. The van der Waals surface area contributed by atoms with Crippen LogP contribution in [0.2, 0.25) is 0 Å². The number of aromatic hydroxyl groups is 1. The van der Waals surface area contributed by atoms with Crippen molar-refractivity contribution in [2.24, 2.45) is 0 Å². The first-order valence-electron chi connectivity index (χ1n) is 9.03. The minimum atomic E-state index is -4.54. The molecule has 3 N–H and O–H groups in total. The maximum Gasteiger partial charge on any atom is 0.416 e. The molecule has 160 valence electrons. The Kier molecular flexibility index (Phi) is 4.84. The van der Waals surface area contributed by atoms with Gasteiger partial charge in [-0.1, -0.05) is 24.3 Å². The topological polar surface area (TPSA) is 101 Å². The van der Waals surface area contributed by atoms with Crippen molar-refractivity contribution in [3.05, 3.63) is 92.9 Å². The van der Waals surface area contributed by atoms with E-state index in [1.165, 1.54) is 6.07 Å². The monoisotopic (exact) mass is 432 g/mol. The molecule has 0 amide bonds. The molecule has 3 aromatic rings. The molecule has 0 saturated heterocycles. The minimum absolute atomic E-state index is 0.129. The fraction of sp³-hybridized carbons (Fsp3) is 0.143. The van der Waals surface area contributed by atoms with Crippen LogP contribution in [0.4, 0.5) is 13.2 Å². The van der Waals surface area contributed by atoms with Crippen molar-refractivity contribution >= 4 is 5.97 Å². The zero-order valence-corrected chi connectivity index (χ0v) is 15.7. The molecule has 1 atom stereocenters. The number of rotatable bonds is 3. The van der Waals surface area contributed by atoms with Gasteiger partial charge in [0, 0.05) is 17.8 Å². The van der Waals surface area contributed by atoms with Crippen molar-refractivity contribution in [2.75, 3.05) is 5.43 Å². The summed E-state index contributed by atoms with van der Waals surface area (Å²) in [4.78, 5) is 23.3. The number of nitrogens with one attached hydrogen (secondary N) is 1. The average molecular weight is 432 g/mol. The first-order valence-corrected chi connectivity index (χ1v) is 9.03. The molecule has 2 aromatic carbocycles. The van der Waals surface area contributed by atoms with E-state index in [9.17, 15) is 33.0 Å². The van der Waals surface area contributed by atoms with Gasteiger partial charge in [0.2, 0.25) is 5.43 Å². The van der Waals surface area contributed by atoms with Crippen molar-refractivity contribution < 1.29 is 32.9 Å². The summed E-state index contributed by atoms with van der Waals surface area (Å²) in [5.74, 6) is -2.13. The molecule has 31 heavy (non-hydrogen) atoms. The van der Waals surface area contributed by atoms with Gasteiger partial charge in [0.15, 0.2) is 11.4 Å². The smallest absolute Gasteiger partial charge is 0.416 e. The van der Waals surface area contributed by atoms with Crippen LogP contribution >= 0.6 is 0 Å². The van der Waals surface area contributed by atoms with Gasteiger partial charge in [-0.2, -0.15) is 13.2 Å². The van der Waals surface area contributed by atoms with Crippen LogP contribution in [0, 0.1) is 0 Å². The molecule has 2 heterocycles. The Bertz CT molecular complexity index is 1240. The molecule has 1 unspecified atom stereocenters. The lowest BCUT2D eigenvalue weighted by atomic mass is 9.94. The molecule has 0 spiro atoms. The van der Waals surface area contributed by atoms with Gasteiger partial charge in [-0.05, 0) is 29.3 Å². The van der Waals surface area contributed by atoms with Crippen LogP contribution in [-0.2, 0) is 12.8 Å². The molecular formula is C21H15F3N2O5. The van der Waals surface area contributed by atoms with E-state index >= 15 is 0 Å². The Balaban J connectivity index is 1.89. The largest absolute Gasteiger partial charge is 0.502 e. The van der Waals surface area contributed by atoms with E-state index in [0.717, 1.165) is 29.1 Å². The van der Waals surface area contributed by atoms with Crippen molar-refractivity contribution in [3.63, 3.8) is 0 Å². The summed E-state index contributed by atoms with van der Waals surface area (Å²) in [5.41, 5.74) is 1.68. The summed E-state index contributed by atoms with van der Waals surface area (Å²) in [6, 6.07) is 10.1. The molecule has 0 bridgehead atoms. The van der Waals surface area contributed by atoms with E-state index in [2.05, 4.69) is 5.43 Å². The van der Waals surface area contributed by atoms with Gasteiger partial charge in [-0.15, -0.1) is 0 Å². The first-order chi connectivity index (χ1) is 14.7. The lowest BCUT2D eigenvalue weighted by molar-refractivity contribution is -0.137. The summed E-state index contributed by atoms with van der Waals surface area (Å²) in [5, 5.41) is 19.4. The van der Waals surface area contributed by atoms with Gasteiger partial charge in [-0.3, -0.25) is 9.47 Å². The quantitative estimate of drug-likeness (QED) is 0.586. The second-order valence-electron chi connectivity index (χ2n) is 6.85. The number of carboxylic acids is 1. The number of alkyl halides is 3. The summed E-state index contributed by atoms with van der Waals surface area (Å²) < 4.78 is 46.3. The number of fused-ring (bicyclic) bond motifs is 2. The van der Waals surface area contributed by atoms with Gasteiger partial charge >= 0.3 is 12.1 Å². The van der Waals surface area contributed by atoms with Crippen LogP contribution in [0.25, 0.3) is 0 Å². The number of aromatic nitrogens is 1. The molecule has 4 rings (SSSR count). The van der Waals surface area contributed by atoms with E-state index in [-0.39, 0.29) is 12.2 Å². The standard InChI is InChI=1S/C21H15F3N2O5/c22-21(23,24)12-5-6-13-11(9-12)10-31-16-4-2-1-3-14(16)17(13)25-26-8-7-15(27)19(28)18(26)20(29)30/h1-9,17,25,28H,10H2,(H,29,30). The maximum absolute atomic E-state index is 13.2. The zero-order valence-electron chi connectivity index (χ0n) is 15.7. The highest BCUT2D eigenvalue weighted by atomic mass is 19.4. The average Bonchev–Trinajstić information content (AvgIpc) is 2.87. The van der Waals surface area contributed by atoms with Gasteiger partial charge in [0.25, 0.3) is 0 Å². The molecule has 10 heteroatoms. The van der Waals surface area contributed by atoms with Crippen LogP contribution in [0.15, 0.2) is 59.5 Å². The van der Waals surface area contributed by atoms with Crippen molar-refractivity contribution in [3.8, 4) is 11.5 Å². The van der Waals surface area contributed by atoms with Crippen molar-refractivity contribution in [1.82, 2.24) is 4.68 Å². The number of halogens is 3. The molecule has 1 aliphatic rings. The molecule has 1 aromatic heterocycles. The molecule has 0 radical (unpaired) electrons. The predicted molar refractivity (Wildman–Crippen MR) is 103 cm³/mol. The number of pyridine rings is 1. The van der Waals surface area contributed by atoms with Crippen LogP contribution in [-0.4, -0.2) is 20.9 Å². The summed E-state index contributed by atoms with van der Waals surface area (Å²) in [7, 11) is 0. The third-order valence-corrected chi connectivity index (χ3v) is 4.94. The third kappa shape index (κ3) is 3.67. The number of hydrogen-bond donors (Lipinski definition) is 3. The Morgan fingerprint density at radius 3 is 2.58 bits per heavy atom. The van der Waals surface area contributed by atoms with E-state index in [0.29, 0.717) is 16.9 Å². The Morgan fingerprint density at radius 2 is 1.87 bits per heavy atom.